The lowest BCUT2D eigenvalue weighted by molar-refractivity contribution is 0.381. The average molecular weight is 331 g/mol. The first-order chi connectivity index (χ1) is 7.25. The van der Waals surface area contributed by atoms with Crippen molar-refractivity contribution in [2.45, 2.75) is 62.1 Å². The molecule has 0 radical (unpaired) electrons. The maximum Gasteiger partial charge on any atom is 0.320 e. The van der Waals surface area contributed by atoms with Crippen LogP contribution in [0.3, 0.4) is 0 Å². The Balaban J connectivity index is 2.86. The van der Waals surface area contributed by atoms with E-state index in [0.29, 0.717) is 0 Å². The first kappa shape index (κ1) is 16.2. The molecule has 0 bridgehead atoms. The van der Waals surface area contributed by atoms with Gasteiger partial charge in [0.2, 0.25) is 0 Å². The highest BCUT2D eigenvalue weighted by atomic mass is 35.5. The van der Waals surface area contributed by atoms with Crippen LogP contribution in [0.5, 0.6) is 0 Å². The minimum atomic E-state index is -2.26. The fourth-order valence-electron chi connectivity index (χ4n) is 2.16. The molecule has 1 unspecified atom stereocenters. The van der Waals surface area contributed by atoms with Crippen LogP contribution in [0.15, 0.2) is 0 Å². The van der Waals surface area contributed by atoms with Crippen molar-refractivity contribution < 1.29 is 8.23 Å². The summed E-state index contributed by atoms with van der Waals surface area (Å²) in [6.45, 7) is 15.3. The topological polar surface area (TPSA) is 18.5 Å². The molecule has 0 aromatic rings. The highest BCUT2D eigenvalue weighted by Crippen LogP contribution is 2.63. The molecular weight excluding hydrogens is 307 g/mol. The molecule has 1 aliphatic carbocycles. The molecule has 17 heavy (non-hydrogen) atoms. The van der Waals surface area contributed by atoms with Crippen LogP contribution in [-0.4, -0.2) is 29.5 Å². The number of alkyl halides is 2. The summed E-state index contributed by atoms with van der Waals surface area (Å²) >= 11 is 12.4. The van der Waals surface area contributed by atoms with Crippen molar-refractivity contribution in [1.29, 1.82) is 0 Å². The summed E-state index contributed by atoms with van der Waals surface area (Å²) in [5.74, 6) is 0. The molecule has 0 spiro atoms. The zero-order valence-electron chi connectivity index (χ0n) is 11.9. The molecule has 0 heterocycles. The molecule has 0 N–H and O–H groups in total. The van der Waals surface area contributed by atoms with Crippen LogP contribution in [0.2, 0.25) is 51.4 Å². The zero-order chi connectivity index (χ0) is 13.7. The van der Waals surface area contributed by atoms with E-state index in [4.69, 9.17) is 31.4 Å². The first-order valence-electron chi connectivity index (χ1n) is 6.03. The number of hydrogen-bond donors (Lipinski definition) is 0. The summed E-state index contributed by atoms with van der Waals surface area (Å²) < 4.78 is 12.2. The van der Waals surface area contributed by atoms with Crippen molar-refractivity contribution in [1.82, 2.24) is 0 Å². The lowest BCUT2D eigenvalue weighted by Gasteiger charge is -2.39. The van der Waals surface area contributed by atoms with E-state index in [1.165, 1.54) is 0 Å². The Morgan fingerprint density at radius 3 is 1.35 bits per heavy atom. The quantitative estimate of drug-likeness (QED) is 0.536. The van der Waals surface area contributed by atoms with Gasteiger partial charge in [0.15, 0.2) is 16.6 Å². The molecule has 0 saturated heterocycles. The molecule has 0 aromatic carbocycles. The van der Waals surface area contributed by atoms with Gasteiger partial charge >= 0.3 is 8.56 Å². The second-order valence-corrected chi connectivity index (χ2v) is 21.3. The van der Waals surface area contributed by atoms with Gasteiger partial charge in [0.25, 0.3) is 0 Å². The van der Waals surface area contributed by atoms with E-state index in [1.54, 1.807) is 0 Å². The Morgan fingerprint density at radius 2 is 1.18 bits per heavy atom. The Hall–Kier alpha value is 1.15. The lowest BCUT2D eigenvalue weighted by Crippen LogP contribution is -2.53. The predicted molar refractivity (Wildman–Crippen MR) is 83.3 cm³/mol. The third kappa shape index (κ3) is 4.97. The van der Waals surface area contributed by atoms with Crippen molar-refractivity contribution in [3.8, 4) is 0 Å². The normalized spacial score (nSPS) is 24.9. The van der Waals surface area contributed by atoms with E-state index >= 15 is 0 Å². The molecule has 0 aromatic heterocycles. The average Bonchev–Trinajstić information content (AvgIpc) is 2.50. The molecule has 1 aliphatic rings. The van der Waals surface area contributed by atoms with Crippen LogP contribution in [0.1, 0.15) is 6.42 Å². The summed E-state index contributed by atoms with van der Waals surface area (Å²) in [4.78, 5) is 0. The van der Waals surface area contributed by atoms with E-state index in [9.17, 15) is 0 Å². The summed E-state index contributed by atoms with van der Waals surface area (Å²) in [6.07, 6.45) is 0.813. The van der Waals surface area contributed by atoms with Gasteiger partial charge in [-0.25, -0.2) is 0 Å². The Labute approximate surface area is 118 Å². The van der Waals surface area contributed by atoms with Crippen LogP contribution in [-0.2, 0) is 8.23 Å². The molecule has 7 heteroatoms. The third-order valence-electron chi connectivity index (χ3n) is 2.48. The van der Waals surface area contributed by atoms with Gasteiger partial charge in [-0.15, -0.1) is 23.2 Å². The molecule has 102 valence electrons. The minimum absolute atomic E-state index is 0.219. The highest BCUT2D eigenvalue weighted by molar-refractivity contribution is 6.90. The standard InChI is InChI=1S/C10H24Cl2O2Si3/c1-15(2,3)13-17(7,14-16(4,5)6)9-8-10(9,11)12/h9H,8H2,1-7H3. The van der Waals surface area contributed by atoms with E-state index < -0.39 is 29.5 Å². The smallest absolute Gasteiger partial charge is 0.320 e. The third-order valence-corrected chi connectivity index (χ3v) is 13.8. The van der Waals surface area contributed by atoms with Crippen molar-refractivity contribution in [3.05, 3.63) is 0 Å². The van der Waals surface area contributed by atoms with Crippen molar-refractivity contribution in [2.24, 2.45) is 0 Å². The number of halogens is 2. The van der Waals surface area contributed by atoms with Crippen LogP contribution in [0.4, 0.5) is 0 Å². The molecule has 0 amide bonds. The van der Waals surface area contributed by atoms with E-state index in [1.807, 2.05) is 0 Å². The SMILES string of the molecule is C[Si](C)(C)O[Si](C)(O[Si](C)(C)C)C1CC1(Cl)Cl. The Morgan fingerprint density at radius 1 is 0.882 bits per heavy atom. The molecular formula is C10H24Cl2O2Si3. The van der Waals surface area contributed by atoms with Gasteiger partial charge in [-0.05, 0) is 52.2 Å². The lowest BCUT2D eigenvalue weighted by atomic mass is 10.9. The summed E-state index contributed by atoms with van der Waals surface area (Å²) in [5, 5.41) is 0. The second-order valence-electron chi connectivity index (χ2n) is 6.96. The molecule has 1 fully saturated rings. The predicted octanol–water partition coefficient (Wildman–Crippen LogP) is 4.71. The minimum Gasteiger partial charge on any atom is -0.436 e. The van der Waals surface area contributed by atoms with Gasteiger partial charge in [-0.3, -0.25) is 0 Å². The van der Waals surface area contributed by atoms with Crippen LogP contribution < -0.4 is 0 Å². The Kier molecular flexibility index (Phi) is 4.39. The molecule has 1 rings (SSSR count). The fraction of sp³-hybridized carbons (Fsp3) is 1.00. The van der Waals surface area contributed by atoms with Crippen LogP contribution in [0, 0.1) is 0 Å². The van der Waals surface area contributed by atoms with Gasteiger partial charge in [0.05, 0.1) is 0 Å². The number of rotatable bonds is 5. The first-order valence-corrected chi connectivity index (χ1v) is 16.0. The molecule has 1 atom stereocenters. The van der Waals surface area contributed by atoms with Crippen molar-refractivity contribution >= 4 is 48.4 Å². The van der Waals surface area contributed by atoms with E-state index in [-0.39, 0.29) is 5.54 Å². The number of hydrogen-bond acceptors (Lipinski definition) is 2. The monoisotopic (exact) mass is 330 g/mol. The van der Waals surface area contributed by atoms with E-state index in [2.05, 4.69) is 45.8 Å². The maximum atomic E-state index is 6.38. The van der Waals surface area contributed by atoms with Crippen molar-refractivity contribution in [3.63, 3.8) is 0 Å². The fourth-order valence-corrected chi connectivity index (χ4v) is 16.8. The molecule has 1 saturated carbocycles. The highest BCUT2D eigenvalue weighted by Gasteiger charge is 2.66. The van der Waals surface area contributed by atoms with Gasteiger partial charge < -0.3 is 8.23 Å². The second kappa shape index (κ2) is 4.61. The maximum absolute atomic E-state index is 6.38. The van der Waals surface area contributed by atoms with Crippen molar-refractivity contribution in [2.75, 3.05) is 0 Å². The summed E-state index contributed by atoms with van der Waals surface area (Å²) in [7, 11) is -5.53. The largest absolute Gasteiger partial charge is 0.436 e. The molecule has 0 aliphatic heterocycles. The molecule has 2 nitrogen and oxygen atoms in total. The van der Waals surface area contributed by atoms with Gasteiger partial charge in [0, 0.05) is 5.54 Å². The zero-order valence-corrected chi connectivity index (χ0v) is 16.4. The van der Waals surface area contributed by atoms with Gasteiger partial charge in [-0.2, -0.15) is 0 Å². The van der Waals surface area contributed by atoms with Crippen LogP contribution >= 0.6 is 23.2 Å². The summed E-state index contributed by atoms with van der Waals surface area (Å²) in [5.41, 5.74) is 0.219. The van der Waals surface area contributed by atoms with Gasteiger partial charge in [-0.1, -0.05) is 0 Å². The van der Waals surface area contributed by atoms with Gasteiger partial charge in [0.1, 0.15) is 4.33 Å². The summed E-state index contributed by atoms with van der Waals surface area (Å²) in [6, 6.07) is 0. The van der Waals surface area contributed by atoms with Crippen LogP contribution in [0.25, 0.3) is 0 Å². The Bertz CT molecular complexity index is 281. The van der Waals surface area contributed by atoms with E-state index in [0.717, 1.165) is 6.42 Å².